The molecule has 0 amide bonds. The maximum atomic E-state index is 13.6. The maximum absolute atomic E-state index is 13.6. The third-order valence-electron chi connectivity index (χ3n) is 5.59. The number of methoxy groups -OCH3 is 1. The number of hydrogen-bond acceptors (Lipinski definition) is 6. The lowest BCUT2D eigenvalue weighted by Gasteiger charge is -2.31. The molecule has 0 aromatic heterocycles. The Morgan fingerprint density at radius 2 is 1.85 bits per heavy atom. The number of carbonyl (C=O) groups excluding carboxylic acids is 2. The second-order valence-corrected chi connectivity index (χ2v) is 6.78. The van der Waals surface area contributed by atoms with Crippen LogP contribution in [0, 0.1) is 5.41 Å². The van der Waals surface area contributed by atoms with Crippen molar-refractivity contribution >= 4 is 11.8 Å². The van der Waals surface area contributed by atoms with E-state index in [1.54, 1.807) is 12.1 Å². The second kappa shape index (κ2) is 5.36. The largest absolute Gasteiger partial charge is 0.489 e. The Balaban J connectivity index is 1.87. The van der Waals surface area contributed by atoms with Gasteiger partial charge in [0, 0.05) is 17.0 Å². The molecule has 1 aliphatic carbocycles. The quantitative estimate of drug-likeness (QED) is 0.440. The van der Waals surface area contributed by atoms with E-state index in [1.165, 1.54) is 7.11 Å². The molecule has 0 saturated heterocycles. The van der Waals surface area contributed by atoms with Crippen LogP contribution in [0.2, 0.25) is 0 Å². The number of ether oxygens (including phenoxy) is 4. The molecular weight excluding hydrogens is 348 g/mol. The van der Waals surface area contributed by atoms with E-state index in [0.29, 0.717) is 33.9 Å². The van der Waals surface area contributed by atoms with Crippen molar-refractivity contribution in [3.8, 4) is 17.2 Å². The van der Waals surface area contributed by atoms with E-state index >= 15 is 0 Å². The summed E-state index contributed by atoms with van der Waals surface area (Å²) in [5, 5.41) is 0. The molecule has 0 spiro atoms. The lowest BCUT2D eigenvalue weighted by molar-refractivity contribution is -0.148. The Morgan fingerprint density at radius 3 is 2.63 bits per heavy atom. The van der Waals surface area contributed by atoms with Crippen LogP contribution in [0.25, 0.3) is 0 Å². The maximum Gasteiger partial charge on any atom is 0.325 e. The van der Waals surface area contributed by atoms with Gasteiger partial charge in [-0.2, -0.15) is 0 Å². The number of benzene rings is 2. The standard InChI is InChI=1S/C21H16O6/c1-11-9-25-15-6-4-3-5-12(15)18-13-7-16-17(27-10-26-16)8-14(13)19(22)21(11,18)20(23)24-2/h3-8,18H,1,9-10H2,2H3/t18-,21+/m1/s1. The molecule has 0 N–H and O–H groups in total. The van der Waals surface area contributed by atoms with Crippen molar-refractivity contribution < 1.29 is 28.5 Å². The van der Waals surface area contributed by atoms with Gasteiger partial charge in [0.15, 0.2) is 22.7 Å². The number of hydrogen-bond donors (Lipinski definition) is 0. The fraction of sp³-hybridized carbons (Fsp3) is 0.238. The number of fused-ring (bicyclic) bond motifs is 6. The Kier molecular flexibility index (Phi) is 3.16. The molecule has 2 atom stereocenters. The highest BCUT2D eigenvalue weighted by Gasteiger charge is 2.63. The summed E-state index contributed by atoms with van der Waals surface area (Å²) in [6.07, 6.45) is 0. The summed E-state index contributed by atoms with van der Waals surface area (Å²) >= 11 is 0. The summed E-state index contributed by atoms with van der Waals surface area (Å²) < 4.78 is 21.9. The Morgan fingerprint density at radius 1 is 1.11 bits per heavy atom. The van der Waals surface area contributed by atoms with Gasteiger partial charge in [0.05, 0.1) is 7.11 Å². The lowest BCUT2D eigenvalue weighted by Crippen LogP contribution is -2.43. The smallest absolute Gasteiger partial charge is 0.325 e. The Bertz CT molecular complexity index is 1020. The molecule has 6 nitrogen and oxygen atoms in total. The van der Waals surface area contributed by atoms with E-state index < -0.39 is 17.3 Å². The monoisotopic (exact) mass is 364 g/mol. The molecule has 2 aromatic rings. The van der Waals surface area contributed by atoms with Gasteiger partial charge in [-0.1, -0.05) is 24.8 Å². The van der Waals surface area contributed by atoms with Crippen LogP contribution >= 0.6 is 0 Å². The molecule has 0 bridgehead atoms. The fourth-order valence-electron chi connectivity index (χ4n) is 4.38. The van der Waals surface area contributed by atoms with Gasteiger partial charge in [-0.25, -0.2) is 0 Å². The Hall–Kier alpha value is -3.28. The van der Waals surface area contributed by atoms with Crippen molar-refractivity contribution in [3.63, 3.8) is 0 Å². The van der Waals surface area contributed by atoms with Crippen LogP contribution in [0.1, 0.15) is 27.4 Å². The highest BCUT2D eigenvalue weighted by molar-refractivity contribution is 6.20. The van der Waals surface area contributed by atoms with Crippen LogP contribution in [0.4, 0.5) is 0 Å². The molecule has 0 fully saturated rings. The first-order chi connectivity index (χ1) is 13.1. The molecule has 6 heteroatoms. The molecule has 0 unspecified atom stereocenters. The summed E-state index contributed by atoms with van der Waals surface area (Å²) in [4.78, 5) is 26.7. The summed E-state index contributed by atoms with van der Waals surface area (Å²) in [5.74, 6) is 0.0732. The van der Waals surface area contributed by atoms with Crippen molar-refractivity contribution in [1.29, 1.82) is 0 Å². The summed E-state index contributed by atoms with van der Waals surface area (Å²) in [6, 6.07) is 10.8. The topological polar surface area (TPSA) is 71.1 Å². The number of para-hydroxylation sites is 1. The van der Waals surface area contributed by atoms with Crippen LogP contribution in [0.3, 0.4) is 0 Å². The summed E-state index contributed by atoms with van der Waals surface area (Å²) in [6.45, 7) is 4.20. The number of ketones is 1. The van der Waals surface area contributed by atoms with Gasteiger partial charge in [-0.05, 0) is 29.3 Å². The van der Waals surface area contributed by atoms with E-state index in [9.17, 15) is 9.59 Å². The van der Waals surface area contributed by atoms with E-state index in [0.717, 1.165) is 5.56 Å². The zero-order valence-electron chi connectivity index (χ0n) is 14.6. The van der Waals surface area contributed by atoms with Gasteiger partial charge in [-0.3, -0.25) is 9.59 Å². The first-order valence-electron chi connectivity index (χ1n) is 8.55. The highest BCUT2D eigenvalue weighted by Crippen LogP contribution is 2.59. The molecule has 0 radical (unpaired) electrons. The first-order valence-corrected chi connectivity index (χ1v) is 8.55. The average molecular weight is 364 g/mol. The second-order valence-electron chi connectivity index (χ2n) is 6.78. The third kappa shape index (κ3) is 1.84. The number of carbonyl (C=O) groups is 2. The number of esters is 1. The van der Waals surface area contributed by atoms with E-state index in [1.807, 2.05) is 24.3 Å². The zero-order chi connectivity index (χ0) is 18.8. The normalized spacial score (nSPS) is 24.4. The molecule has 0 saturated carbocycles. The summed E-state index contributed by atoms with van der Waals surface area (Å²) in [5.41, 5.74) is 0.659. The molecule has 2 heterocycles. The predicted molar refractivity (Wildman–Crippen MR) is 94.3 cm³/mol. The fourth-order valence-corrected chi connectivity index (χ4v) is 4.38. The minimum absolute atomic E-state index is 0.0507. The van der Waals surface area contributed by atoms with Gasteiger partial charge in [0.2, 0.25) is 6.79 Å². The van der Waals surface area contributed by atoms with Crippen molar-refractivity contribution in [3.05, 3.63) is 65.2 Å². The van der Waals surface area contributed by atoms with Gasteiger partial charge < -0.3 is 18.9 Å². The van der Waals surface area contributed by atoms with Crippen molar-refractivity contribution in [2.45, 2.75) is 5.92 Å². The van der Waals surface area contributed by atoms with E-state index in [4.69, 9.17) is 18.9 Å². The minimum Gasteiger partial charge on any atom is -0.489 e. The molecule has 2 aromatic carbocycles. The molecule has 27 heavy (non-hydrogen) atoms. The van der Waals surface area contributed by atoms with Crippen LogP contribution in [-0.2, 0) is 9.53 Å². The first kappa shape index (κ1) is 15.9. The average Bonchev–Trinajstić information content (AvgIpc) is 3.21. The third-order valence-corrected chi connectivity index (χ3v) is 5.59. The van der Waals surface area contributed by atoms with Crippen molar-refractivity contribution in [2.24, 2.45) is 5.41 Å². The predicted octanol–water partition coefficient (Wildman–Crippen LogP) is 2.85. The van der Waals surface area contributed by atoms with Crippen molar-refractivity contribution in [2.75, 3.05) is 20.5 Å². The van der Waals surface area contributed by atoms with Crippen LogP contribution in [0.15, 0.2) is 48.6 Å². The minimum atomic E-state index is -1.57. The zero-order valence-corrected chi connectivity index (χ0v) is 14.6. The van der Waals surface area contributed by atoms with Crippen molar-refractivity contribution in [1.82, 2.24) is 0 Å². The molecule has 136 valence electrons. The summed E-state index contributed by atoms with van der Waals surface area (Å²) in [7, 11) is 1.28. The SMILES string of the molecule is C=C1COc2ccccc2[C@@H]2c3cc4c(cc3C(=O)[C@]12C(=O)OC)OCO4. The highest BCUT2D eigenvalue weighted by atomic mass is 16.7. The van der Waals surface area contributed by atoms with Crippen LogP contribution in [-0.4, -0.2) is 32.3 Å². The van der Waals surface area contributed by atoms with Gasteiger partial charge in [-0.15, -0.1) is 0 Å². The lowest BCUT2D eigenvalue weighted by atomic mass is 9.68. The van der Waals surface area contributed by atoms with Gasteiger partial charge in [0.1, 0.15) is 12.4 Å². The molecular formula is C21H16O6. The number of Topliss-reactive ketones (excluding diaryl/α,β-unsaturated/α-hetero) is 1. The Labute approximate surface area is 155 Å². The molecule has 3 aliphatic rings. The van der Waals surface area contributed by atoms with E-state index in [2.05, 4.69) is 6.58 Å². The van der Waals surface area contributed by atoms with Gasteiger partial charge >= 0.3 is 5.97 Å². The van der Waals surface area contributed by atoms with E-state index in [-0.39, 0.29) is 19.2 Å². The van der Waals surface area contributed by atoms with Crippen LogP contribution in [0.5, 0.6) is 17.2 Å². The molecule has 2 aliphatic heterocycles. The van der Waals surface area contributed by atoms with Gasteiger partial charge in [0.25, 0.3) is 0 Å². The van der Waals surface area contributed by atoms with Crippen LogP contribution < -0.4 is 14.2 Å². The molecule has 5 rings (SSSR count). The number of rotatable bonds is 1.